The maximum atomic E-state index is 5.96. The van der Waals surface area contributed by atoms with Crippen LogP contribution in [-0.2, 0) is 0 Å². The van der Waals surface area contributed by atoms with E-state index in [1.54, 1.807) is 0 Å². The molecule has 2 rings (SSSR count). The van der Waals surface area contributed by atoms with Crippen LogP contribution >= 0.6 is 27.5 Å². The Labute approximate surface area is 90.4 Å². The zero-order valence-electron chi connectivity index (χ0n) is 6.89. The lowest BCUT2D eigenvalue weighted by Crippen LogP contribution is -2.50. The quantitative estimate of drug-likeness (QED) is 0.884. The minimum atomic E-state index is 0.270. The van der Waals surface area contributed by atoms with Gasteiger partial charge in [0.05, 0.1) is 5.02 Å². The van der Waals surface area contributed by atoms with E-state index in [4.69, 9.17) is 16.3 Å². The first-order chi connectivity index (χ1) is 6.25. The molecule has 0 bridgehead atoms. The van der Waals surface area contributed by atoms with Crippen LogP contribution in [0.1, 0.15) is 0 Å². The molecule has 0 spiro atoms. The number of halogens is 2. The van der Waals surface area contributed by atoms with Crippen LogP contribution in [0.4, 0.5) is 0 Å². The fourth-order valence-corrected chi connectivity index (χ4v) is 1.59. The molecule has 70 valence electrons. The summed E-state index contributed by atoms with van der Waals surface area (Å²) in [5.74, 6) is 0.752. The van der Waals surface area contributed by atoms with Gasteiger partial charge in [0.2, 0.25) is 0 Å². The lowest BCUT2D eigenvalue weighted by Gasteiger charge is -2.28. The first-order valence-electron chi connectivity index (χ1n) is 4.08. The van der Waals surface area contributed by atoms with Crippen molar-refractivity contribution in [3.63, 3.8) is 0 Å². The van der Waals surface area contributed by atoms with Gasteiger partial charge in [-0.1, -0.05) is 27.5 Å². The monoisotopic (exact) mass is 261 g/mol. The number of rotatable bonds is 2. The molecule has 2 nitrogen and oxygen atoms in total. The normalized spacial score (nSPS) is 16.8. The molecule has 13 heavy (non-hydrogen) atoms. The third-order valence-electron chi connectivity index (χ3n) is 1.93. The molecular weight excluding hydrogens is 253 g/mol. The summed E-state index contributed by atoms with van der Waals surface area (Å²) in [5, 5.41) is 3.80. The molecule has 1 aromatic carbocycles. The molecule has 0 aliphatic carbocycles. The molecule has 0 unspecified atom stereocenters. The SMILES string of the molecule is Clc1ccc(Br)cc1OC1CNC1. The van der Waals surface area contributed by atoms with Crippen LogP contribution in [0.25, 0.3) is 0 Å². The molecule has 1 aromatic rings. The van der Waals surface area contributed by atoms with Crippen molar-refractivity contribution >= 4 is 27.5 Å². The number of benzene rings is 1. The van der Waals surface area contributed by atoms with Gasteiger partial charge >= 0.3 is 0 Å². The first-order valence-corrected chi connectivity index (χ1v) is 5.25. The molecule has 0 atom stereocenters. The highest BCUT2D eigenvalue weighted by Crippen LogP contribution is 2.29. The van der Waals surface area contributed by atoms with Gasteiger partial charge in [-0.15, -0.1) is 0 Å². The molecule has 1 N–H and O–H groups in total. The number of hydrogen-bond donors (Lipinski definition) is 1. The Hall–Kier alpha value is -0.250. The predicted molar refractivity (Wildman–Crippen MR) is 56.4 cm³/mol. The van der Waals surface area contributed by atoms with Crippen LogP contribution in [-0.4, -0.2) is 19.2 Å². The average Bonchev–Trinajstić information content (AvgIpc) is 2.03. The van der Waals surface area contributed by atoms with Crippen molar-refractivity contribution in [2.24, 2.45) is 0 Å². The topological polar surface area (TPSA) is 21.3 Å². The van der Waals surface area contributed by atoms with E-state index in [0.717, 1.165) is 23.3 Å². The number of ether oxygens (including phenoxy) is 1. The Balaban J connectivity index is 2.13. The third-order valence-corrected chi connectivity index (χ3v) is 2.74. The molecule has 4 heteroatoms. The molecule has 1 aliphatic heterocycles. The van der Waals surface area contributed by atoms with E-state index >= 15 is 0 Å². The smallest absolute Gasteiger partial charge is 0.139 e. The van der Waals surface area contributed by atoms with Crippen LogP contribution in [0.15, 0.2) is 22.7 Å². The van der Waals surface area contributed by atoms with E-state index in [9.17, 15) is 0 Å². The Morgan fingerprint density at radius 1 is 1.46 bits per heavy atom. The number of nitrogens with one attached hydrogen (secondary N) is 1. The fourth-order valence-electron chi connectivity index (χ4n) is 1.09. The van der Waals surface area contributed by atoms with Gasteiger partial charge in [-0.05, 0) is 18.2 Å². The predicted octanol–water partition coefficient (Wildman–Crippen LogP) is 2.45. The molecule has 1 heterocycles. The summed E-state index contributed by atoms with van der Waals surface area (Å²) in [6.45, 7) is 1.81. The highest BCUT2D eigenvalue weighted by Gasteiger charge is 2.19. The highest BCUT2D eigenvalue weighted by atomic mass is 79.9. The van der Waals surface area contributed by atoms with Crippen molar-refractivity contribution in [3.05, 3.63) is 27.7 Å². The lowest BCUT2D eigenvalue weighted by atomic mass is 10.2. The maximum Gasteiger partial charge on any atom is 0.139 e. The van der Waals surface area contributed by atoms with Crippen molar-refractivity contribution in [3.8, 4) is 5.75 Å². The van der Waals surface area contributed by atoms with Crippen LogP contribution < -0.4 is 10.1 Å². The van der Waals surface area contributed by atoms with Gasteiger partial charge in [0.1, 0.15) is 11.9 Å². The van der Waals surface area contributed by atoms with Gasteiger partial charge in [0.25, 0.3) is 0 Å². The van der Waals surface area contributed by atoms with Crippen LogP contribution in [0, 0.1) is 0 Å². The summed E-state index contributed by atoms with van der Waals surface area (Å²) in [6, 6.07) is 5.61. The molecule has 1 aliphatic rings. The van der Waals surface area contributed by atoms with E-state index in [1.165, 1.54) is 0 Å². The van der Waals surface area contributed by atoms with E-state index in [-0.39, 0.29) is 6.10 Å². The van der Waals surface area contributed by atoms with Gasteiger partial charge < -0.3 is 10.1 Å². The summed E-state index contributed by atoms with van der Waals surface area (Å²) in [4.78, 5) is 0. The van der Waals surface area contributed by atoms with E-state index < -0.39 is 0 Å². The molecular formula is C9H9BrClNO. The second kappa shape index (κ2) is 3.86. The zero-order valence-corrected chi connectivity index (χ0v) is 9.23. The third kappa shape index (κ3) is 2.16. The Bertz CT molecular complexity index is 314. The van der Waals surface area contributed by atoms with Crippen molar-refractivity contribution in [1.82, 2.24) is 5.32 Å². The second-order valence-corrected chi connectivity index (χ2v) is 4.30. The zero-order chi connectivity index (χ0) is 9.26. The largest absolute Gasteiger partial charge is 0.486 e. The van der Waals surface area contributed by atoms with Gasteiger partial charge in [0, 0.05) is 17.6 Å². The first kappa shape index (κ1) is 9.31. The molecule has 0 saturated carbocycles. The van der Waals surface area contributed by atoms with Gasteiger partial charge in [-0.2, -0.15) is 0 Å². The summed E-state index contributed by atoms with van der Waals surface area (Å²) in [5.41, 5.74) is 0. The van der Waals surface area contributed by atoms with E-state index in [0.29, 0.717) is 5.02 Å². The summed E-state index contributed by atoms with van der Waals surface area (Å²) in [6.07, 6.45) is 0.270. The molecule has 1 fully saturated rings. The van der Waals surface area contributed by atoms with Crippen molar-refractivity contribution in [2.45, 2.75) is 6.10 Å². The minimum Gasteiger partial charge on any atom is -0.486 e. The van der Waals surface area contributed by atoms with E-state index in [1.807, 2.05) is 18.2 Å². The number of hydrogen-bond acceptors (Lipinski definition) is 2. The average molecular weight is 263 g/mol. The van der Waals surface area contributed by atoms with E-state index in [2.05, 4.69) is 21.2 Å². The Morgan fingerprint density at radius 3 is 2.85 bits per heavy atom. The van der Waals surface area contributed by atoms with Crippen LogP contribution in [0.2, 0.25) is 5.02 Å². The van der Waals surface area contributed by atoms with Gasteiger partial charge in [0.15, 0.2) is 0 Å². The molecule has 1 saturated heterocycles. The van der Waals surface area contributed by atoms with Crippen molar-refractivity contribution < 1.29 is 4.74 Å². The molecule has 0 amide bonds. The lowest BCUT2D eigenvalue weighted by molar-refractivity contribution is 0.142. The van der Waals surface area contributed by atoms with Crippen molar-refractivity contribution in [2.75, 3.05) is 13.1 Å². The Kier molecular flexibility index (Phi) is 2.77. The minimum absolute atomic E-state index is 0.270. The summed E-state index contributed by atoms with van der Waals surface area (Å²) in [7, 11) is 0. The van der Waals surface area contributed by atoms with Crippen molar-refractivity contribution in [1.29, 1.82) is 0 Å². The Morgan fingerprint density at radius 2 is 2.23 bits per heavy atom. The van der Waals surface area contributed by atoms with Crippen LogP contribution in [0.3, 0.4) is 0 Å². The summed E-state index contributed by atoms with van der Waals surface area (Å²) >= 11 is 9.33. The summed E-state index contributed by atoms with van der Waals surface area (Å²) < 4.78 is 6.62. The van der Waals surface area contributed by atoms with Crippen LogP contribution in [0.5, 0.6) is 5.75 Å². The molecule has 0 radical (unpaired) electrons. The maximum absolute atomic E-state index is 5.96. The highest BCUT2D eigenvalue weighted by molar-refractivity contribution is 9.10. The molecule has 0 aromatic heterocycles. The second-order valence-electron chi connectivity index (χ2n) is 2.97. The van der Waals surface area contributed by atoms with Gasteiger partial charge in [-0.25, -0.2) is 0 Å². The fraction of sp³-hybridized carbons (Fsp3) is 0.333. The standard InChI is InChI=1S/C9H9BrClNO/c10-6-1-2-8(11)9(3-6)13-7-4-12-5-7/h1-3,7,12H,4-5H2. The van der Waals surface area contributed by atoms with Gasteiger partial charge in [-0.3, -0.25) is 0 Å².